The third kappa shape index (κ3) is 2.59. The number of carbonyl (C=O) groups excluding carboxylic acids is 1. The average Bonchev–Trinajstić information content (AvgIpc) is 2.16. The van der Waals surface area contributed by atoms with Crippen molar-refractivity contribution >= 4 is 27.4 Å². The second kappa shape index (κ2) is 4.48. The number of nitrogens with zero attached hydrogens (tertiary/aromatic N) is 1. The molecular formula is C9H7BrFNO3. The molecule has 1 rings (SSSR count). The quantitative estimate of drug-likeness (QED) is 0.484. The Hall–Kier alpha value is -1.30. The summed E-state index contributed by atoms with van der Waals surface area (Å²) in [5, 5.41) is 10.6. The van der Waals surface area contributed by atoms with Gasteiger partial charge in [0.25, 0.3) is 5.69 Å². The van der Waals surface area contributed by atoms with Gasteiger partial charge in [0.2, 0.25) is 0 Å². The lowest BCUT2D eigenvalue weighted by molar-refractivity contribution is -0.385. The van der Waals surface area contributed by atoms with Crippen LogP contribution < -0.4 is 0 Å². The second-order valence-corrected chi connectivity index (χ2v) is 3.85. The van der Waals surface area contributed by atoms with E-state index in [-0.39, 0.29) is 11.3 Å². The summed E-state index contributed by atoms with van der Waals surface area (Å²) in [7, 11) is 0. The number of alkyl halides is 1. The van der Waals surface area contributed by atoms with Crippen LogP contribution in [-0.2, 0) is 4.79 Å². The smallest absolute Gasteiger partial charge is 0.277 e. The highest BCUT2D eigenvalue weighted by Gasteiger charge is 2.23. The highest BCUT2D eigenvalue weighted by molar-refractivity contribution is 9.09. The Morgan fingerprint density at radius 1 is 1.60 bits per heavy atom. The molecule has 0 aliphatic heterocycles. The number of carbonyl (C=O) groups is 1. The van der Waals surface area contributed by atoms with E-state index in [1.807, 2.05) is 0 Å². The van der Waals surface area contributed by atoms with Crippen molar-refractivity contribution in [3.8, 4) is 0 Å². The number of nitro benzene ring substituents is 1. The van der Waals surface area contributed by atoms with Gasteiger partial charge >= 0.3 is 0 Å². The third-order valence-electron chi connectivity index (χ3n) is 1.82. The van der Waals surface area contributed by atoms with Gasteiger partial charge in [0.05, 0.1) is 16.6 Å². The maximum atomic E-state index is 12.8. The third-order valence-corrected chi connectivity index (χ3v) is 2.96. The van der Waals surface area contributed by atoms with E-state index in [0.717, 1.165) is 12.1 Å². The number of benzene rings is 1. The number of halogens is 2. The summed E-state index contributed by atoms with van der Waals surface area (Å²) in [6.45, 7) is 1.30. The molecule has 4 nitrogen and oxygen atoms in total. The normalized spacial score (nSPS) is 12.2. The minimum Gasteiger partial charge on any atom is -0.298 e. The summed E-state index contributed by atoms with van der Waals surface area (Å²) in [4.78, 5) is 20.2. The molecule has 0 radical (unpaired) electrons. The minimum atomic E-state index is -0.779. The Morgan fingerprint density at radius 3 is 2.67 bits per heavy atom. The van der Waals surface area contributed by atoms with E-state index in [1.54, 1.807) is 0 Å². The molecule has 1 aromatic rings. The van der Waals surface area contributed by atoms with Crippen LogP contribution >= 0.6 is 15.9 Å². The lowest BCUT2D eigenvalue weighted by Crippen LogP contribution is -2.05. The number of Topliss-reactive ketones (excluding diaryl/α,β-unsaturated/α-hetero) is 1. The van der Waals surface area contributed by atoms with Crippen LogP contribution in [0.2, 0.25) is 0 Å². The van der Waals surface area contributed by atoms with E-state index >= 15 is 0 Å². The molecule has 0 saturated carbocycles. The van der Waals surface area contributed by atoms with Gasteiger partial charge in [-0.15, -0.1) is 0 Å². The summed E-state index contributed by atoms with van der Waals surface area (Å²) in [6, 6.07) is 3.11. The van der Waals surface area contributed by atoms with Gasteiger partial charge in [-0.2, -0.15) is 0 Å². The molecule has 0 aliphatic rings. The zero-order valence-corrected chi connectivity index (χ0v) is 9.32. The molecule has 0 amide bonds. The zero-order chi connectivity index (χ0) is 11.6. The van der Waals surface area contributed by atoms with Gasteiger partial charge < -0.3 is 0 Å². The van der Waals surface area contributed by atoms with Crippen LogP contribution in [0.4, 0.5) is 10.1 Å². The van der Waals surface area contributed by atoms with E-state index in [4.69, 9.17) is 0 Å². The Morgan fingerprint density at radius 2 is 2.20 bits per heavy atom. The van der Waals surface area contributed by atoms with Gasteiger partial charge in [0, 0.05) is 0 Å². The van der Waals surface area contributed by atoms with Gasteiger partial charge in [-0.3, -0.25) is 14.9 Å². The topological polar surface area (TPSA) is 60.2 Å². The lowest BCUT2D eigenvalue weighted by atomic mass is 10.1. The van der Waals surface area contributed by atoms with Crippen molar-refractivity contribution in [1.29, 1.82) is 0 Å². The van der Waals surface area contributed by atoms with Crippen LogP contribution in [-0.4, -0.2) is 10.7 Å². The minimum absolute atomic E-state index is 0.161. The van der Waals surface area contributed by atoms with Crippen molar-refractivity contribution in [1.82, 2.24) is 0 Å². The zero-order valence-electron chi connectivity index (χ0n) is 7.74. The molecule has 1 unspecified atom stereocenters. The second-order valence-electron chi connectivity index (χ2n) is 2.93. The highest BCUT2D eigenvalue weighted by atomic mass is 79.9. The molecule has 80 valence electrons. The molecule has 15 heavy (non-hydrogen) atoms. The molecule has 1 atom stereocenters. The Bertz CT molecular complexity index is 422. The van der Waals surface area contributed by atoms with Crippen molar-refractivity contribution < 1.29 is 14.1 Å². The molecular weight excluding hydrogens is 269 g/mol. The van der Waals surface area contributed by atoms with Gasteiger partial charge in [-0.1, -0.05) is 15.9 Å². The summed E-state index contributed by atoms with van der Waals surface area (Å²) < 4.78 is 12.8. The van der Waals surface area contributed by atoms with Crippen molar-refractivity contribution in [2.75, 3.05) is 0 Å². The van der Waals surface area contributed by atoms with Gasteiger partial charge in [0.1, 0.15) is 16.4 Å². The van der Waals surface area contributed by atoms with E-state index in [9.17, 15) is 19.3 Å². The van der Waals surface area contributed by atoms with Crippen molar-refractivity contribution in [3.05, 3.63) is 39.7 Å². The first-order valence-electron chi connectivity index (χ1n) is 4.02. The van der Waals surface area contributed by atoms with E-state index in [1.165, 1.54) is 13.0 Å². The van der Waals surface area contributed by atoms with E-state index in [0.29, 0.717) is 0 Å². The van der Waals surface area contributed by atoms with E-state index in [2.05, 4.69) is 15.9 Å². The molecule has 6 heteroatoms. The Balaban J connectivity index is 3.28. The molecule has 0 heterocycles. The van der Waals surface area contributed by atoms with Gasteiger partial charge in [0.15, 0.2) is 0 Å². The number of rotatable bonds is 3. The average molecular weight is 276 g/mol. The first-order chi connectivity index (χ1) is 6.93. The van der Waals surface area contributed by atoms with Gasteiger partial charge in [-0.25, -0.2) is 4.39 Å². The van der Waals surface area contributed by atoms with Crippen LogP contribution in [0.25, 0.3) is 0 Å². The summed E-state index contributed by atoms with van der Waals surface area (Å²) in [6.07, 6.45) is 0. The molecule has 0 fully saturated rings. The molecule has 0 aliphatic carbocycles. The molecule has 0 aromatic heterocycles. The largest absolute Gasteiger partial charge is 0.298 e. The standard InChI is InChI=1S/C9H7BrFNO3/c1-5(13)9(10)7-3-2-6(11)4-8(7)12(14)15/h2-4,9H,1H3. The van der Waals surface area contributed by atoms with Crippen molar-refractivity contribution in [3.63, 3.8) is 0 Å². The number of nitro groups is 1. The summed E-state index contributed by atoms with van der Waals surface area (Å²) in [5.41, 5.74) is -0.235. The number of hydrogen-bond donors (Lipinski definition) is 0. The molecule has 0 bridgehead atoms. The number of hydrogen-bond acceptors (Lipinski definition) is 3. The SMILES string of the molecule is CC(=O)C(Br)c1ccc(F)cc1[N+](=O)[O-]. The van der Waals surface area contributed by atoms with Gasteiger partial charge in [-0.05, 0) is 19.1 Å². The first kappa shape index (κ1) is 11.8. The number of ketones is 1. The Kier molecular flexibility index (Phi) is 3.52. The maximum Gasteiger partial charge on any atom is 0.277 e. The van der Waals surface area contributed by atoms with Crippen LogP contribution in [0.15, 0.2) is 18.2 Å². The molecule has 0 N–H and O–H groups in total. The molecule has 0 saturated heterocycles. The first-order valence-corrected chi connectivity index (χ1v) is 4.93. The molecule has 0 spiro atoms. The fourth-order valence-electron chi connectivity index (χ4n) is 1.11. The van der Waals surface area contributed by atoms with Crippen LogP contribution in [0, 0.1) is 15.9 Å². The monoisotopic (exact) mass is 275 g/mol. The summed E-state index contributed by atoms with van der Waals surface area (Å²) in [5.74, 6) is -0.974. The Labute approximate surface area is 93.4 Å². The van der Waals surface area contributed by atoms with Crippen molar-refractivity contribution in [2.45, 2.75) is 11.8 Å². The highest BCUT2D eigenvalue weighted by Crippen LogP contribution is 2.32. The van der Waals surface area contributed by atoms with Crippen LogP contribution in [0.5, 0.6) is 0 Å². The van der Waals surface area contributed by atoms with E-state index < -0.39 is 21.3 Å². The maximum absolute atomic E-state index is 12.8. The fraction of sp³-hybridized carbons (Fsp3) is 0.222. The predicted octanol–water partition coefficient (Wildman–Crippen LogP) is 2.76. The fourth-order valence-corrected chi connectivity index (χ4v) is 1.50. The van der Waals surface area contributed by atoms with Crippen LogP contribution in [0.3, 0.4) is 0 Å². The predicted molar refractivity (Wildman–Crippen MR) is 55.4 cm³/mol. The lowest BCUT2D eigenvalue weighted by Gasteiger charge is -2.06. The van der Waals surface area contributed by atoms with Crippen molar-refractivity contribution in [2.24, 2.45) is 0 Å². The van der Waals surface area contributed by atoms with Crippen LogP contribution in [0.1, 0.15) is 17.3 Å². The summed E-state index contributed by atoms with van der Waals surface area (Å²) >= 11 is 3.02. The molecule has 1 aromatic carbocycles.